The predicted molar refractivity (Wildman–Crippen MR) is 117 cm³/mol. The Morgan fingerprint density at radius 2 is 1.70 bits per heavy atom. The molecule has 30 heavy (non-hydrogen) atoms. The third-order valence-electron chi connectivity index (χ3n) is 6.13. The largest absolute Gasteiger partial charge is 0.388 e. The molecule has 1 saturated heterocycles. The van der Waals surface area contributed by atoms with E-state index in [1.54, 1.807) is 6.07 Å². The Labute approximate surface area is 175 Å². The molecule has 0 saturated carbocycles. The molecule has 152 valence electrons. The lowest BCUT2D eigenvalue weighted by atomic mass is 10.0. The van der Waals surface area contributed by atoms with Gasteiger partial charge in [0.25, 0.3) is 0 Å². The van der Waals surface area contributed by atoms with Gasteiger partial charge in [0.15, 0.2) is 6.23 Å². The second-order valence-corrected chi connectivity index (χ2v) is 8.30. The first-order chi connectivity index (χ1) is 14.5. The SMILES string of the molecule is O[C@@H]1[C@H](O)[C@@H](O)CO[C@@H]1n1c2ccc(Cl)cc2c2ccc3c4ccccc4[nH]c3c21. The first-order valence-electron chi connectivity index (χ1n) is 9.83. The number of nitrogens with zero attached hydrogens (tertiary/aromatic N) is 1. The molecule has 2 aromatic heterocycles. The molecule has 1 fully saturated rings. The zero-order valence-corrected chi connectivity index (χ0v) is 16.5. The van der Waals surface area contributed by atoms with Crippen LogP contribution in [0.1, 0.15) is 6.23 Å². The molecule has 7 heteroatoms. The normalized spacial score (nSPS) is 25.1. The van der Waals surface area contributed by atoms with E-state index in [9.17, 15) is 15.3 Å². The number of para-hydroxylation sites is 1. The summed E-state index contributed by atoms with van der Waals surface area (Å²) in [4.78, 5) is 3.51. The van der Waals surface area contributed by atoms with Crippen LogP contribution in [-0.2, 0) is 4.74 Å². The van der Waals surface area contributed by atoms with Crippen molar-refractivity contribution < 1.29 is 20.1 Å². The third kappa shape index (κ3) is 2.40. The molecular formula is C23H19ClN2O4. The number of hydrogen-bond acceptors (Lipinski definition) is 4. The maximum absolute atomic E-state index is 10.8. The standard InChI is InChI=1S/C23H19ClN2O4/c24-11-5-8-17-15(9-11)14-7-6-13-12-3-1-2-4-16(12)25-19(13)20(14)26(17)23-22(29)21(28)18(27)10-30-23/h1-9,18,21-23,25,27-29H,10H2/t18-,21+,22+,23-/m0/s1. The first-order valence-corrected chi connectivity index (χ1v) is 10.2. The minimum atomic E-state index is -1.30. The molecule has 5 aromatic rings. The fourth-order valence-corrected chi connectivity index (χ4v) is 4.88. The lowest BCUT2D eigenvalue weighted by Gasteiger charge is -2.36. The van der Waals surface area contributed by atoms with Crippen LogP contribution < -0.4 is 0 Å². The summed E-state index contributed by atoms with van der Waals surface area (Å²) in [6, 6.07) is 17.8. The van der Waals surface area contributed by atoms with Crippen molar-refractivity contribution in [1.82, 2.24) is 9.55 Å². The van der Waals surface area contributed by atoms with Crippen LogP contribution in [0.5, 0.6) is 0 Å². The van der Waals surface area contributed by atoms with Gasteiger partial charge in [0.2, 0.25) is 0 Å². The van der Waals surface area contributed by atoms with Gasteiger partial charge < -0.3 is 29.6 Å². The molecule has 6 rings (SSSR count). The van der Waals surface area contributed by atoms with Crippen LogP contribution in [0, 0.1) is 0 Å². The van der Waals surface area contributed by atoms with Gasteiger partial charge in [0.1, 0.15) is 18.3 Å². The zero-order valence-electron chi connectivity index (χ0n) is 15.8. The molecule has 0 amide bonds. The van der Waals surface area contributed by atoms with Crippen LogP contribution >= 0.6 is 11.6 Å². The van der Waals surface area contributed by atoms with Gasteiger partial charge in [0.05, 0.1) is 23.2 Å². The maximum Gasteiger partial charge on any atom is 0.163 e. The Balaban J connectivity index is 1.76. The van der Waals surface area contributed by atoms with Gasteiger partial charge in [-0.25, -0.2) is 0 Å². The second kappa shape index (κ2) is 6.44. The van der Waals surface area contributed by atoms with Crippen LogP contribution in [0.2, 0.25) is 5.02 Å². The predicted octanol–water partition coefficient (Wildman–Crippen LogP) is 3.69. The van der Waals surface area contributed by atoms with Crippen molar-refractivity contribution in [1.29, 1.82) is 0 Å². The van der Waals surface area contributed by atoms with Crippen molar-refractivity contribution in [3.8, 4) is 0 Å². The number of H-pyrrole nitrogens is 1. The summed E-state index contributed by atoms with van der Waals surface area (Å²) in [5, 5.41) is 35.7. The van der Waals surface area contributed by atoms with Crippen molar-refractivity contribution in [3.05, 3.63) is 59.6 Å². The molecule has 6 nitrogen and oxygen atoms in total. The van der Waals surface area contributed by atoms with E-state index in [1.165, 1.54) is 0 Å². The summed E-state index contributed by atoms with van der Waals surface area (Å²) in [7, 11) is 0. The molecule has 3 heterocycles. The summed E-state index contributed by atoms with van der Waals surface area (Å²) >= 11 is 6.30. The average Bonchev–Trinajstić information content (AvgIpc) is 3.28. The lowest BCUT2D eigenvalue weighted by molar-refractivity contribution is -0.208. The Hall–Kier alpha value is -2.61. The highest BCUT2D eigenvalue weighted by atomic mass is 35.5. The van der Waals surface area contributed by atoms with E-state index in [2.05, 4.69) is 17.1 Å². The van der Waals surface area contributed by atoms with Crippen molar-refractivity contribution in [2.24, 2.45) is 0 Å². The van der Waals surface area contributed by atoms with E-state index in [-0.39, 0.29) is 6.61 Å². The Bertz CT molecular complexity index is 1440. The maximum atomic E-state index is 10.8. The summed E-state index contributed by atoms with van der Waals surface area (Å²) in [6.45, 7) is -0.0691. The van der Waals surface area contributed by atoms with E-state index in [0.29, 0.717) is 5.02 Å². The van der Waals surface area contributed by atoms with Gasteiger partial charge in [-0.2, -0.15) is 0 Å². The number of aromatic nitrogens is 2. The number of fused-ring (bicyclic) bond motifs is 7. The monoisotopic (exact) mass is 422 g/mol. The van der Waals surface area contributed by atoms with Crippen molar-refractivity contribution in [2.45, 2.75) is 24.5 Å². The number of aromatic amines is 1. The highest BCUT2D eigenvalue weighted by Gasteiger charge is 2.40. The number of ether oxygens (including phenoxy) is 1. The minimum Gasteiger partial charge on any atom is -0.388 e. The zero-order chi connectivity index (χ0) is 20.6. The third-order valence-corrected chi connectivity index (χ3v) is 6.37. The van der Waals surface area contributed by atoms with E-state index >= 15 is 0 Å². The second-order valence-electron chi connectivity index (χ2n) is 7.86. The quantitative estimate of drug-likeness (QED) is 0.331. The van der Waals surface area contributed by atoms with Crippen LogP contribution in [-0.4, -0.2) is 49.8 Å². The van der Waals surface area contributed by atoms with E-state index < -0.39 is 24.5 Å². The molecule has 0 unspecified atom stereocenters. The number of nitrogens with one attached hydrogen (secondary N) is 1. The molecule has 3 aromatic carbocycles. The number of rotatable bonds is 1. The fourth-order valence-electron chi connectivity index (χ4n) is 4.71. The van der Waals surface area contributed by atoms with E-state index in [1.807, 2.05) is 41.0 Å². The average molecular weight is 423 g/mol. The lowest BCUT2D eigenvalue weighted by Crippen LogP contribution is -2.50. The highest BCUT2D eigenvalue weighted by Crippen LogP contribution is 2.41. The molecule has 0 bridgehead atoms. The van der Waals surface area contributed by atoms with Crippen molar-refractivity contribution in [3.63, 3.8) is 0 Å². The Morgan fingerprint density at radius 1 is 0.900 bits per heavy atom. The van der Waals surface area contributed by atoms with Crippen LogP contribution in [0.15, 0.2) is 54.6 Å². The van der Waals surface area contributed by atoms with Gasteiger partial charge in [-0.05, 0) is 24.3 Å². The summed E-state index contributed by atoms with van der Waals surface area (Å²) < 4.78 is 7.74. The van der Waals surface area contributed by atoms with E-state index in [0.717, 1.165) is 43.6 Å². The molecule has 0 aliphatic carbocycles. The first kappa shape index (κ1) is 18.2. The molecule has 4 N–H and O–H groups in total. The van der Waals surface area contributed by atoms with Gasteiger partial charge in [-0.1, -0.05) is 41.9 Å². The summed E-state index contributed by atoms with van der Waals surface area (Å²) in [6.07, 6.45) is -4.58. The Kier molecular flexibility index (Phi) is 3.90. The smallest absolute Gasteiger partial charge is 0.163 e. The van der Waals surface area contributed by atoms with E-state index in [4.69, 9.17) is 16.3 Å². The fraction of sp³-hybridized carbons (Fsp3) is 0.217. The molecule has 0 spiro atoms. The molecule has 4 atom stereocenters. The van der Waals surface area contributed by atoms with Gasteiger partial charge in [-0.3, -0.25) is 0 Å². The number of halogens is 1. The topological polar surface area (TPSA) is 90.6 Å². The molecule has 1 aliphatic rings. The van der Waals surface area contributed by atoms with Gasteiger partial charge >= 0.3 is 0 Å². The van der Waals surface area contributed by atoms with Gasteiger partial charge in [0, 0.05) is 32.1 Å². The number of aliphatic hydroxyl groups is 3. The van der Waals surface area contributed by atoms with Crippen LogP contribution in [0.4, 0.5) is 0 Å². The highest BCUT2D eigenvalue weighted by molar-refractivity contribution is 6.32. The molecule has 0 radical (unpaired) electrons. The summed E-state index contributed by atoms with van der Waals surface area (Å²) in [5.74, 6) is 0. The van der Waals surface area contributed by atoms with Crippen molar-refractivity contribution >= 4 is 55.2 Å². The molecular weight excluding hydrogens is 404 g/mol. The number of aliphatic hydroxyl groups excluding tert-OH is 3. The molecule has 1 aliphatic heterocycles. The number of benzene rings is 3. The number of hydrogen-bond donors (Lipinski definition) is 4. The Morgan fingerprint density at radius 3 is 2.57 bits per heavy atom. The minimum absolute atomic E-state index is 0.0691. The van der Waals surface area contributed by atoms with Crippen molar-refractivity contribution in [2.75, 3.05) is 6.61 Å². The van der Waals surface area contributed by atoms with Crippen LogP contribution in [0.25, 0.3) is 43.6 Å². The van der Waals surface area contributed by atoms with Crippen LogP contribution in [0.3, 0.4) is 0 Å². The summed E-state index contributed by atoms with van der Waals surface area (Å²) in [5.41, 5.74) is 3.61. The van der Waals surface area contributed by atoms with Gasteiger partial charge in [-0.15, -0.1) is 0 Å².